The Morgan fingerprint density at radius 1 is 0.735 bits per heavy atom. The van der Waals surface area contributed by atoms with E-state index in [1.54, 1.807) is 11.1 Å². The molecule has 2 aliphatic rings. The van der Waals surface area contributed by atoms with Crippen molar-refractivity contribution in [1.82, 2.24) is 0 Å². The van der Waals surface area contributed by atoms with Gasteiger partial charge in [0.05, 0.1) is 0 Å². The molecule has 0 N–H and O–H groups in total. The van der Waals surface area contributed by atoms with E-state index in [9.17, 15) is 0 Å². The zero-order valence-electron chi connectivity index (χ0n) is 21.0. The normalized spacial score (nSPS) is 18.0. The lowest BCUT2D eigenvalue weighted by Gasteiger charge is -2.36. The number of allylic oxidation sites excluding steroid dienone is 1. The molecule has 0 heterocycles. The fourth-order valence-electron chi connectivity index (χ4n) is 7.09. The molecule has 0 nitrogen and oxygen atoms in total. The van der Waals surface area contributed by atoms with Gasteiger partial charge in [-0.25, -0.2) is 0 Å². The van der Waals surface area contributed by atoms with Crippen LogP contribution in [0.15, 0.2) is 60.7 Å². The highest BCUT2D eigenvalue weighted by Crippen LogP contribution is 2.61. The zero-order chi connectivity index (χ0) is 23.3. The Morgan fingerprint density at radius 2 is 1.38 bits per heavy atom. The van der Waals surface area contributed by atoms with Crippen molar-refractivity contribution >= 4 is 27.6 Å². The summed E-state index contributed by atoms with van der Waals surface area (Å²) in [6, 6.07) is 20.8. The predicted molar refractivity (Wildman–Crippen MR) is 149 cm³/mol. The maximum absolute atomic E-state index is 2.56. The van der Waals surface area contributed by atoms with Crippen molar-refractivity contribution in [2.24, 2.45) is 0 Å². The minimum atomic E-state index is 0.114. The molecule has 0 radical (unpaired) electrons. The van der Waals surface area contributed by atoms with Crippen LogP contribution in [0.3, 0.4) is 0 Å². The Labute approximate surface area is 204 Å². The number of benzene rings is 4. The molecule has 0 aliphatic heterocycles. The fraction of sp³-hybridized carbons (Fsp3) is 0.353. The highest BCUT2D eigenvalue weighted by Gasteiger charge is 2.46. The second kappa shape index (κ2) is 8.42. The lowest BCUT2D eigenvalue weighted by molar-refractivity contribution is 0.447. The minimum Gasteiger partial charge on any atom is -0.0827 e. The standard InChI is InChI=1S/C34H36/c1-4-5-6-7-8-13-20-34-21-14-19-27-24(3)26-16-10-12-18-29(26)32(33(27)34)31-28-17-11-9-15-25(28)23(2)22-30(31)34/h9-12,14-19,22H,4-8,13,20-21H2,1-3H3. The fourth-order valence-corrected chi connectivity index (χ4v) is 7.09. The maximum atomic E-state index is 2.56. The van der Waals surface area contributed by atoms with E-state index in [1.165, 1.54) is 94.3 Å². The summed E-state index contributed by atoms with van der Waals surface area (Å²) in [6.07, 6.45) is 15.4. The summed E-state index contributed by atoms with van der Waals surface area (Å²) in [5, 5.41) is 5.69. The monoisotopic (exact) mass is 444 g/mol. The van der Waals surface area contributed by atoms with Gasteiger partial charge in [-0.3, -0.25) is 0 Å². The van der Waals surface area contributed by atoms with Crippen LogP contribution in [0, 0.1) is 13.8 Å². The first-order valence-electron chi connectivity index (χ1n) is 13.4. The molecule has 34 heavy (non-hydrogen) atoms. The van der Waals surface area contributed by atoms with E-state index < -0.39 is 0 Å². The van der Waals surface area contributed by atoms with Crippen LogP contribution in [-0.4, -0.2) is 0 Å². The lowest BCUT2D eigenvalue weighted by atomic mass is 9.67. The predicted octanol–water partition coefficient (Wildman–Crippen LogP) is 10.0. The van der Waals surface area contributed by atoms with Crippen LogP contribution in [0.4, 0.5) is 0 Å². The third-order valence-corrected chi connectivity index (χ3v) is 8.73. The van der Waals surface area contributed by atoms with Crippen molar-refractivity contribution in [2.75, 3.05) is 0 Å². The van der Waals surface area contributed by atoms with Gasteiger partial charge < -0.3 is 0 Å². The molecule has 6 rings (SSSR count). The molecule has 0 aromatic heterocycles. The molecule has 4 aromatic rings. The third-order valence-electron chi connectivity index (χ3n) is 8.73. The summed E-state index contributed by atoms with van der Waals surface area (Å²) in [6.45, 7) is 6.96. The van der Waals surface area contributed by atoms with Crippen molar-refractivity contribution in [2.45, 2.75) is 77.6 Å². The van der Waals surface area contributed by atoms with Crippen LogP contribution in [-0.2, 0) is 5.41 Å². The average Bonchev–Trinajstić information content (AvgIpc) is 3.16. The topological polar surface area (TPSA) is 0 Å². The second-order valence-corrected chi connectivity index (χ2v) is 10.7. The molecule has 0 spiro atoms. The Kier molecular flexibility index (Phi) is 5.36. The van der Waals surface area contributed by atoms with Crippen molar-refractivity contribution < 1.29 is 0 Å². The molecular weight excluding hydrogens is 408 g/mol. The van der Waals surface area contributed by atoms with E-state index in [1.807, 2.05) is 0 Å². The molecule has 0 bridgehead atoms. The van der Waals surface area contributed by atoms with Crippen LogP contribution in [0.5, 0.6) is 0 Å². The minimum absolute atomic E-state index is 0.114. The van der Waals surface area contributed by atoms with Gasteiger partial charge in [0.15, 0.2) is 0 Å². The highest BCUT2D eigenvalue weighted by atomic mass is 14.5. The summed E-state index contributed by atoms with van der Waals surface area (Å²) in [7, 11) is 0. The summed E-state index contributed by atoms with van der Waals surface area (Å²) in [5.41, 5.74) is 10.7. The maximum Gasteiger partial charge on any atom is 0.0256 e. The van der Waals surface area contributed by atoms with E-state index in [-0.39, 0.29) is 5.41 Å². The summed E-state index contributed by atoms with van der Waals surface area (Å²) < 4.78 is 0. The summed E-state index contributed by atoms with van der Waals surface area (Å²) >= 11 is 0. The molecule has 1 atom stereocenters. The summed E-state index contributed by atoms with van der Waals surface area (Å²) in [4.78, 5) is 0. The van der Waals surface area contributed by atoms with E-state index in [2.05, 4.69) is 87.5 Å². The third kappa shape index (κ3) is 3.04. The van der Waals surface area contributed by atoms with Gasteiger partial charge in [-0.05, 0) is 87.2 Å². The van der Waals surface area contributed by atoms with Gasteiger partial charge in [-0.1, -0.05) is 112 Å². The van der Waals surface area contributed by atoms with Crippen LogP contribution >= 0.6 is 0 Å². The van der Waals surface area contributed by atoms with E-state index in [0.717, 1.165) is 6.42 Å². The highest BCUT2D eigenvalue weighted by molar-refractivity contribution is 6.14. The van der Waals surface area contributed by atoms with Crippen molar-refractivity contribution in [3.05, 3.63) is 88.5 Å². The van der Waals surface area contributed by atoms with E-state index >= 15 is 0 Å². The summed E-state index contributed by atoms with van der Waals surface area (Å²) in [5.74, 6) is 0. The van der Waals surface area contributed by atoms with Crippen LogP contribution in [0.2, 0.25) is 0 Å². The van der Waals surface area contributed by atoms with Gasteiger partial charge in [0.25, 0.3) is 0 Å². The van der Waals surface area contributed by atoms with Crippen molar-refractivity contribution in [3.63, 3.8) is 0 Å². The quantitative estimate of drug-likeness (QED) is 0.249. The molecular formula is C34H36. The Bertz CT molecular complexity index is 1430. The second-order valence-electron chi connectivity index (χ2n) is 10.7. The number of unbranched alkanes of at least 4 members (excludes halogenated alkanes) is 5. The molecule has 0 fully saturated rings. The molecule has 0 saturated carbocycles. The Hall–Kier alpha value is -2.86. The van der Waals surface area contributed by atoms with Gasteiger partial charge >= 0.3 is 0 Å². The Morgan fingerprint density at radius 3 is 2.15 bits per heavy atom. The molecule has 0 heteroatoms. The number of fused-ring (bicyclic) bond motifs is 7. The average molecular weight is 445 g/mol. The van der Waals surface area contributed by atoms with Gasteiger partial charge in [0.2, 0.25) is 0 Å². The molecule has 0 saturated heterocycles. The number of hydrogen-bond donors (Lipinski definition) is 0. The smallest absolute Gasteiger partial charge is 0.0256 e. The number of hydrogen-bond acceptors (Lipinski definition) is 0. The van der Waals surface area contributed by atoms with Crippen molar-refractivity contribution in [3.8, 4) is 11.1 Å². The van der Waals surface area contributed by atoms with Gasteiger partial charge in [0, 0.05) is 5.41 Å². The first kappa shape index (κ1) is 21.7. The largest absolute Gasteiger partial charge is 0.0827 e. The van der Waals surface area contributed by atoms with Gasteiger partial charge in [-0.15, -0.1) is 0 Å². The number of aryl methyl sites for hydroxylation is 2. The van der Waals surface area contributed by atoms with Gasteiger partial charge in [-0.2, -0.15) is 0 Å². The SMILES string of the molecule is CCCCCCCCC12CC=Cc3c1c(c1ccccc1c3C)-c1c2cc(C)c2ccccc12. The lowest BCUT2D eigenvalue weighted by Crippen LogP contribution is -2.28. The Balaban J connectivity index is 1.63. The van der Waals surface area contributed by atoms with Crippen LogP contribution < -0.4 is 0 Å². The van der Waals surface area contributed by atoms with Gasteiger partial charge in [0.1, 0.15) is 0 Å². The molecule has 1 unspecified atom stereocenters. The van der Waals surface area contributed by atoms with Crippen LogP contribution in [0.25, 0.3) is 38.7 Å². The van der Waals surface area contributed by atoms with Crippen molar-refractivity contribution in [1.29, 1.82) is 0 Å². The first-order valence-corrected chi connectivity index (χ1v) is 13.4. The first-order chi connectivity index (χ1) is 16.7. The molecule has 4 aromatic carbocycles. The number of rotatable bonds is 7. The molecule has 0 amide bonds. The molecule has 2 aliphatic carbocycles. The van der Waals surface area contributed by atoms with E-state index in [4.69, 9.17) is 0 Å². The zero-order valence-corrected chi connectivity index (χ0v) is 21.0. The molecule has 172 valence electrons. The van der Waals surface area contributed by atoms with E-state index in [0.29, 0.717) is 0 Å². The van der Waals surface area contributed by atoms with Crippen LogP contribution in [0.1, 0.15) is 86.1 Å².